The molecule has 2 nitrogen and oxygen atoms in total. The zero-order chi connectivity index (χ0) is 14.8. The molecule has 4 heteroatoms. The highest BCUT2D eigenvalue weighted by Gasteiger charge is 2.29. The maximum Gasteiger partial charge on any atom is 0.141 e. The number of anilines is 1. The van der Waals surface area contributed by atoms with Gasteiger partial charge in [-0.15, -0.1) is 0 Å². The Morgan fingerprint density at radius 2 is 1.90 bits per heavy atom. The number of nitrogen functional groups attached to an aromatic ring is 1. The lowest BCUT2D eigenvalue weighted by molar-refractivity contribution is 0.246. The van der Waals surface area contributed by atoms with Crippen molar-refractivity contribution in [2.75, 3.05) is 5.73 Å². The molecule has 1 aliphatic carbocycles. The molecule has 2 aromatic carbocycles. The minimum atomic E-state index is -0.370. The Kier molecular flexibility index (Phi) is 4.13. The van der Waals surface area contributed by atoms with Crippen LogP contribution >= 0.6 is 11.6 Å². The van der Waals surface area contributed by atoms with Crippen molar-refractivity contribution >= 4 is 17.3 Å². The lowest BCUT2D eigenvalue weighted by Gasteiger charge is -2.23. The first-order valence-electron chi connectivity index (χ1n) is 7.15. The summed E-state index contributed by atoms with van der Waals surface area (Å²) in [5.41, 5.74) is 9.02. The zero-order valence-electron chi connectivity index (χ0n) is 11.7. The van der Waals surface area contributed by atoms with Crippen molar-refractivity contribution in [1.82, 2.24) is 4.90 Å². The SMILES string of the molecule is Nc1ccccc1CN(Cc1ccc(F)c(Cl)c1)C1CC1. The molecule has 0 saturated heterocycles. The van der Waals surface area contributed by atoms with E-state index in [2.05, 4.69) is 11.0 Å². The van der Waals surface area contributed by atoms with Gasteiger partial charge in [-0.2, -0.15) is 0 Å². The van der Waals surface area contributed by atoms with Gasteiger partial charge < -0.3 is 5.73 Å². The molecular formula is C17H18ClFN2. The van der Waals surface area contributed by atoms with Crippen LogP contribution in [-0.2, 0) is 13.1 Å². The molecule has 0 spiro atoms. The van der Waals surface area contributed by atoms with Gasteiger partial charge in [0.15, 0.2) is 0 Å². The summed E-state index contributed by atoms with van der Waals surface area (Å²) in [4.78, 5) is 2.38. The quantitative estimate of drug-likeness (QED) is 0.838. The van der Waals surface area contributed by atoms with E-state index in [4.69, 9.17) is 17.3 Å². The summed E-state index contributed by atoms with van der Waals surface area (Å²) < 4.78 is 13.2. The second kappa shape index (κ2) is 6.04. The van der Waals surface area contributed by atoms with Crippen LogP contribution < -0.4 is 5.73 Å². The van der Waals surface area contributed by atoms with Gasteiger partial charge in [-0.25, -0.2) is 4.39 Å². The number of para-hydroxylation sites is 1. The molecule has 0 radical (unpaired) electrons. The van der Waals surface area contributed by atoms with E-state index in [9.17, 15) is 4.39 Å². The van der Waals surface area contributed by atoms with Crippen LogP contribution in [0.2, 0.25) is 5.02 Å². The first kappa shape index (κ1) is 14.4. The lowest BCUT2D eigenvalue weighted by atomic mass is 10.1. The fourth-order valence-corrected chi connectivity index (χ4v) is 2.73. The fraction of sp³-hybridized carbons (Fsp3) is 0.294. The van der Waals surface area contributed by atoms with Crippen LogP contribution in [0.4, 0.5) is 10.1 Å². The summed E-state index contributed by atoms with van der Waals surface area (Å²) >= 11 is 5.86. The summed E-state index contributed by atoms with van der Waals surface area (Å²) in [5, 5.41) is 0.183. The topological polar surface area (TPSA) is 29.3 Å². The molecule has 2 N–H and O–H groups in total. The fourth-order valence-electron chi connectivity index (χ4n) is 2.52. The molecule has 0 unspecified atom stereocenters. The minimum Gasteiger partial charge on any atom is -0.398 e. The van der Waals surface area contributed by atoms with Crippen molar-refractivity contribution < 1.29 is 4.39 Å². The predicted octanol–water partition coefficient (Wildman–Crippen LogP) is 4.23. The Morgan fingerprint density at radius 3 is 2.57 bits per heavy atom. The summed E-state index contributed by atoms with van der Waals surface area (Å²) in [6.45, 7) is 1.57. The number of hydrogen-bond acceptors (Lipinski definition) is 2. The second-order valence-corrected chi connectivity index (χ2v) is 5.99. The summed E-state index contributed by atoms with van der Waals surface area (Å²) in [6, 6.07) is 13.5. The van der Waals surface area contributed by atoms with Crippen molar-refractivity contribution in [2.45, 2.75) is 32.0 Å². The number of halogens is 2. The van der Waals surface area contributed by atoms with Gasteiger partial charge in [0, 0.05) is 24.8 Å². The van der Waals surface area contributed by atoms with E-state index >= 15 is 0 Å². The van der Waals surface area contributed by atoms with E-state index in [1.807, 2.05) is 18.2 Å². The van der Waals surface area contributed by atoms with Crippen LogP contribution in [0.1, 0.15) is 24.0 Å². The second-order valence-electron chi connectivity index (χ2n) is 5.58. The molecule has 1 saturated carbocycles. The Balaban J connectivity index is 1.76. The van der Waals surface area contributed by atoms with E-state index in [1.165, 1.54) is 18.9 Å². The monoisotopic (exact) mass is 304 g/mol. The van der Waals surface area contributed by atoms with E-state index < -0.39 is 0 Å². The third kappa shape index (κ3) is 3.55. The lowest BCUT2D eigenvalue weighted by Crippen LogP contribution is -2.25. The summed E-state index contributed by atoms with van der Waals surface area (Å²) in [5.74, 6) is -0.370. The number of nitrogens with zero attached hydrogens (tertiary/aromatic N) is 1. The van der Waals surface area contributed by atoms with Crippen LogP contribution in [0.25, 0.3) is 0 Å². The molecule has 0 heterocycles. The number of nitrogens with two attached hydrogens (primary N) is 1. The third-order valence-electron chi connectivity index (χ3n) is 3.86. The van der Waals surface area contributed by atoms with Gasteiger partial charge in [0.2, 0.25) is 0 Å². The molecule has 0 amide bonds. The summed E-state index contributed by atoms with van der Waals surface area (Å²) in [6.07, 6.45) is 2.42. The van der Waals surface area contributed by atoms with Gasteiger partial charge >= 0.3 is 0 Å². The minimum absolute atomic E-state index is 0.183. The summed E-state index contributed by atoms with van der Waals surface area (Å²) in [7, 11) is 0. The molecule has 0 aliphatic heterocycles. The van der Waals surface area contributed by atoms with Crippen molar-refractivity contribution in [1.29, 1.82) is 0 Å². The smallest absolute Gasteiger partial charge is 0.141 e. The van der Waals surface area contributed by atoms with Crippen molar-refractivity contribution in [3.63, 3.8) is 0 Å². The van der Waals surface area contributed by atoms with E-state index in [0.717, 1.165) is 29.9 Å². The van der Waals surface area contributed by atoms with E-state index in [1.54, 1.807) is 12.1 Å². The normalized spacial score (nSPS) is 14.6. The van der Waals surface area contributed by atoms with Crippen LogP contribution in [0.15, 0.2) is 42.5 Å². The standard InChI is InChI=1S/C17H18ClFN2/c18-15-9-12(5-8-16(15)19)10-21(14-6-7-14)11-13-3-1-2-4-17(13)20/h1-5,8-9,14H,6-7,10-11,20H2. The maximum absolute atomic E-state index is 13.2. The molecule has 1 fully saturated rings. The third-order valence-corrected chi connectivity index (χ3v) is 4.15. The average Bonchev–Trinajstić information content (AvgIpc) is 3.29. The van der Waals surface area contributed by atoms with Gasteiger partial charge in [0.1, 0.15) is 5.82 Å². The van der Waals surface area contributed by atoms with Crippen LogP contribution in [0.5, 0.6) is 0 Å². The number of hydrogen-bond donors (Lipinski definition) is 1. The molecule has 0 atom stereocenters. The highest BCUT2D eigenvalue weighted by molar-refractivity contribution is 6.30. The van der Waals surface area contributed by atoms with Gasteiger partial charge in [0.25, 0.3) is 0 Å². The Hall–Kier alpha value is -1.58. The average molecular weight is 305 g/mol. The maximum atomic E-state index is 13.2. The predicted molar refractivity (Wildman–Crippen MR) is 84.5 cm³/mol. The molecular weight excluding hydrogens is 287 g/mol. The largest absolute Gasteiger partial charge is 0.398 e. The first-order chi connectivity index (χ1) is 10.1. The van der Waals surface area contributed by atoms with Crippen molar-refractivity contribution in [2.24, 2.45) is 0 Å². The first-order valence-corrected chi connectivity index (χ1v) is 7.52. The van der Waals surface area contributed by atoms with E-state index in [-0.39, 0.29) is 10.8 Å². The van der Waals surface area contributed by atoms with Crippen LogP contribution in [-0.4, -0.2) is 10.9 Å². The number of benzene rings is 2. The molecule has 3 rings (SSSR count). The van der Waals surface area contributed by atoms with Gasteiger partial charge in [-0.3, -0.25) is 4.90 Å². The van der Waals surface area contributed by atoms with Crippen molar-refractivity contribution in [3.8, 4) is 0 Å². The Labute approximate surface area is 129 Å². The highest BCUT2D eigenvalue weighted by atomic mass is 35.5. The highest BCUT2D eigenvalue weighted by Crippen LogP contribution is 2.31. The van der Waals surface area contributed by atoms with Crippen LogP contribution in [0.3, 0.4) is 0 Å². The van der Waals surface area contributed by atoms with Gasteiger partial charge in [-0.05, 0) is 42.2 Å². The zero-order valence-corrected chi connectivity index (χ0v) is 12.5. The van der Waals surface area contributed by atoms with Gasteiger partial charge in [-0.1, -0.05) is 35.9 Å². The van der Waals surface area contributed by atoms with E-state index in [0.29, 0.717) is 6.04 Å². The molecule has 1 aliphatic rings. The van der Waals surface area contributed by atoms with Gasteiger partial charge in [0.05, 0.1) is 5.02 Å². The van der Waals surface area contributed by atoms with Crippen molar-refractivity contribution in [3.05, 3.63) is 64.4 Å². The van der Waals surface area contributed by atoms with Crippen LogP contribution in [0, 0.1) is 5.82 Å². The molecule has 0 bridgehead atoms. The Bertz CT molecular complexity index is 640. The molecule has 21 heavy (non-hydrogen) atoms. The molecule has 0 aromatic heterocycles. The molecule has 2 aromatic rings. The Morgan fingerprint density at radius 1 is 1.14 bits per heavy atom. The molecule has 110 valence electrons. The number of rotatable bonds is 5.